The number of hydrogen-bond acceptors (Lipinski definition) is 1. The van der Waals surface area contributed by atoms with E-state index >= 15 is 0 Å². The predicted octanol–water partition coefficient (Wildman–Crippen LogP) is 2.78. The minimum atomic E-state index is -0.759. The summed E-state index contributed by atoms with van der Waals surface area (Å²) in [4.78, 5) is 2.00. The molecule has 2 heteroatoms. The van der Waals surface area contributed by atoms with Gasteiger partial charge in [0.2, 0.25) is 0 Å². The van der Waals surface area contributed by atoms with Crippen molar-refractivity contribution in [1.82, 2.24) is 4.90 Å². The van der Waals surface area contributed by atoms with Crippen LogP contribution in [0, 0.1) is 6.92 Å². The molecule has 0 N–H and O–H groups in total. The highest BCUT2D eigenvalue weighted by Crippen LogP contribution is 2.06. The van der Waals surface area contributed by atoms with Crippen LogP contribution in [-0.4, -0.2) is 24.7 Å². The van der Waals surface area contributed by atoms with Gasteiger partial charge in [0.1, 0.15) is 6.17 Å². The van der Waals surface area contributed by atoms with E-state index in [1.54, 1.807) is 6.92 Å². The van der Waals surface area contributed by atoms with Crippen molar-refractivity contribution < 1.29 is 4.39 Å². The standard InChI is InChI=1S/C12H18FN/c1-10-4-6-12(7-5-10)9-14(3)8-11(2)13/h4-7,11H,8-9H2,1-3H3. The molecule has 1 rings (SSSR count). The van der Waals surface area contributed by atoms with Crippen molar-refractivity contribution in [2.75, 3.05) is 13.6 Å². The fourth-order valence-corrected chi connectivity index (χ4v) is 1.50. The first-order valence-electron chi connectivity index (χ1n) is 4.96. The molecule has 1 atom stereocenters. The molecule has 0 radical (unpaired) electrons. The van der Waals surface area contributed by atoms with Crippen LogP contribution >= 0.6 is 0 Å². The van der Waals surface area contributed by atoms with Crippen LogP contribution in [0.3, 0.4) is 0 Å². The topological polar surface area (TPSA) is 3.24 Å². The van der Waals surface area contributed by atoms with Gasteiger partial charge in [-0.15, -0.1) is 0 Å². The molecule has 1 aromatic rings. The SMILES string of the molecule is Cc1ccc(CN(C)CC(C)F)cc1. The fourth-order valence-electron chi connectivity index (χ4n) is 1.50. The molecule has 0 bridgehead atoms. The van der Waals surface area contributed by atoms with Crippen molar-refractivity contribution in [3.05, 3.63) is 35.4 Å². The van der Waals surface area contributed by atoms with Gasteiger partial charge < -0.3 is 0 Å². The van der Waals surface area contributed by atoms with Gasteiger partial charge in [0.25, 0.3) is 0 Å². The second-order valence-corrected chi connectivity index (χ2v) is 3.96. The van der Waals surface area contributed by atoms with Crippen LogP contribution in [-0.2, 0) is 6.54 Å². The van der Waals surface area contributed by atoms with E-state index in [0.29, 0.717) is 6.54 Å². The average molecular weight is 195 g/mol. The molecule has 1 aromatic carbocycles. The lowest BCUT2D eigenvalue weighted by Crippen LogP contribution is -2.24. The van der Waals surface area contributed by atoms with E-state index in [2.05, 4.69) is 31.2 Å². The largest absolute Gasteiger partial charge is 0.299 e. The highest BCUT2D eigenvalue weighted by atomic mass is 19.1. The zero-order valence-corrected chi connectivity index (χ0v) is 9.13. The number of alkyl halides is 1. The van der Waals surface area contributed by atoms with Crippen molar-refractivity contribution in [3.63, 3.8) is 0 Å². The van der Waals surface area contributed by atoms with E-state index in [0.717, 1.165) is 6.54 Å². The van der Waals surface area contributed by atoms with Crippen LogP contribution in [0.25, 0.3) is 0 Å². The molecule has 78 valence electrons. The van der Waals surface area contributed by atoms with Crippen molar-refractivity contribution >= 4 is 0 Å². The Morgan fingerprint density at radius 1 is 1.29 bits per heavy atom. The molecule has 0 aromatic heterocycles. The van der Waals surface area contributed by atoms with Crippen LogP contribution in [0.1, 0.15) is 18.1 Å². The summed E-state index contributed by atoms with van der Waals surface area (Å²) in [5.41, 5.74) is 2.49. The molecule has 1 unspecified atom stereocenters. The summed E-state index contributed by atoms with van der Waals surface area (Å²) < 4.78 is 12.7. The first-order valence-corrected chi connectivity index (χ1v) is 4.96. The van der Waals surface area contributed by atoms with Gasteiger partial charge in [-0.1, -0.05) is 29.8 Å². The number of rotatable bonds is 4. The Bertz CT molecular complexity index is 266. The average Bonchev–Trinajstić information content (AvgIpc) is 2.07. The molecule has 0 spiro atoms. The summed E-state index contributed by atoms with van der Waals surface area (Å²) in [5, 5.41) is 0. The minimum Gasteiger partial charge on any atom is -0.299 e. The summed E-state index contributed by atoms with van der Waals surface area (Å²) in [5.74, 6) is 0. The molecular weight excluding hydrogens is 177 g/mol. The van der Waals surface area contributed by atoms with E-state index in [1.807, 2.05) is 11.9 Å². The highest BCUT2D eigenvalue weighted by Gasteiger charge is 2.04. The molecule has 0 saturated carbocycles. The normalized spacial score (nSPS) is 13.2. The van der Waals surface area contributed by atoms with Crippen LogP contribution < -0.4 is 0 Å². The van der Waals surface area contributed by atoms with E-state index in [1.165, 1.54) is 11.1 Å². The van der Waals surface area contributed by atoms with Crippen LogP contribution in [0.15, 0.2) is 24.3 Å². The summed E-state index contributed by atoms with van der Waals surface area (Å²) in [6.07, 6.45) is -0.759. The summed E-state index contributed by atoms with van der Waals surface area (Å²) in [7, 11) is 1.94. The summed E-state index contributed by atoms with van der Waals surface area (Å²) >= 11 is 0. The van der Waals surface area contributed by atoms with Gasteiger partial charge in [-0.2, -0.15) is 0 Å². The van der Waals surface area contributed by atoms with Crippen molar-refractivity contribution in [3.8, 4) is 0 Å². The maximum Gasteiger partial charge on any atom is 0.110 e. The first kappa shape index (κ1) is 11.2. The number of benzene rings is 1. The Morgan fingerprint density at radius 3 is 2.36 bits per heavy atom. The molecule has 0 aliphatic carbocycles. The monoisotopic (exact) mass is 195 g/mol. The summed E-state index contributed by atoms with van der Waals surface area (Å²) in [6, 6.07) is 8.35. The molecule has 1 nitrogen and oxygen atoms in total. The summed E-state index contributed by atoms with van der Waals surface area (Å²) in [6.45, 7) is 4.96. The van der Waals surface area contributed by atoms with Gasteiger partial charge in [-0.3, -0.25) is 4.90 Å². The third-order valence-corrected chi connectivity index (χ3v) is 2.14. The van der Waals surface area contributed by atoms with Crippen molar-refractivity contribution in [1.29, 1.82) is 0 Å². The molecule has 0 aliphatic rings. The Kier molecular flexibility index (Phi) is 4.08. The minimum absolute atomic E-state index is 0.494. The third kappa shape index (κ3) is 3.88. The van der Waals surface area contributed by atoms with E-state index in [9.17, 15) is 4.39 Å². The highest BCUT2D eigenvalue weighted by molar-refractivity contribution is 5.21. The molecular formula is C12H18FN. The zero-order chi connectivity index (χ0) is 10.6. The van der Waals surface area contributed by atoms with Gasteiger partial charge >= 0.3 is 0 Å². The van der Waals surface area contributed by atoms with E-state index in [-0.39, 0.29) is 0 Å². The Balaban J connectivity index is 2.47. The molecule has 0 heterocycles. The Hall–Kier alpha value is -0.890. The molecule has 0 fully saturated rings. The molecule has 14 heavy (non-hydrogen) atoms. The van der Waals surface area contributed by atoms with Gasteiger partial charge in [0.05, 0.1) is 0 Å². The third-order valence-electron chi connectivity index (χ3n) is 2.14. The maximum absolute atomic E-state index is 12.7. The van der Waals surface area contributed by atoms with Gasteiger partial charge in [-0.25, -0.2) is 4.39 Å². The van der Waals surface area contributed by atoms with E-state index < -0.39 is 6.17 Å². The molecule has 0 aliphatic heterocycles. The van der Waals surface area contributed by atoms with Crippen LogP contribution in [0.2, 0.25) is 0 Å². The molecule has 0 saturated heterocycles. The van der Waals surface area contributed by atoms with Crippen molar-refractivity contribution in [2.24, 2.45) is 0 Å². The maximum atomic E-state index is 12.7. The number of hydrogen-bond donors (Lipinski definition) is 0. The predicted molar refractivity (Wildman–Crippen MR) is 58.1 cm³/mol. The number of halogens is 1. The van der Waals surface area contributed by atoms with Gasteiger partial charge in [-0.05, 0) is 26.5 Å². The lowest BCUT2D eigenvalue weighted by molar-refractivity contribution is 0.229. The second-order valence-electron chi connectivity index (χ2n) is 3.96. The number of nitrogens with zero attached hydrogens (tertiary/aromatic N) is 1. The van der Waals surface area contributed by atoms with Gasteiger partial charge in [0.15, 0.2) is 0 Å². The second kappa shape index (κ2) is 5.11. The zero-order valence-electron chi connectivity index (χ0n) is 9.13. The molecule has 0 amide bonds. The lowest BCUT2D eigenvalue weighted by atomic mass is 10.1. The van der Waals surface area contributed by atoms with Gasteiger partial charge in [0, 0.05) is 13.1 Å². The Labute approximate surface area is 85.5 Å². The number of aryl methyl sites for hydroxylation is 1. The van der Waals surface area contributed by atoms with Crippen LogP contribution in [0.4, 0.5) is 4.39 Å². The smallest absolute Gasteiger partial charge is 0.110 e. The Morgan fingerprint density at radius 2 is 1.86 bits per heavy atom. The lowest BCUT2D eigenvalue weighted by Gasteiger charge is -2.17. The van der Waals surface area contributed by atoms with Crippen molar-refractivity contribution in [2.45, 2.75) is 26.6 Å². The van der Waals surface area contributed by atoms with E-state index in [4.69, 9.17) is 0 Å². The fraction of sp³-hybridized carbons (Fsp3) is 0.500. The van der Waals surface area contributed by atoms with Crippen LogP contribution in [0.5, 0.6) is 0 Å². The quantitative estimate of drug-likeness (QED) is 0.714. The first-order chi connectivity index (χ1) is 6.58.